The van der Waals surface area contributed by atoms with E-state index in [0.717, 1.165) is 0 Å². The van der Waals surface area contributed by atoms with Gasteiger partial charge >= 0.3 is 5.97 Å². The molecule has 0 unspecified atom stereocenters. The molecule has 2 aromatic rings. The molecule has 0 bridgehead atoms. The van der Waals surface area contributed by atoms with Crippen molar-refractivity contribution in [3.63, 3.8) is 0 Å². The summed E-state index contributed by atoms with van der Waals surface area (Å²) in [5.41, 5.74) is 1.51. The maximum Gasteiger partial charge on any atom is 0.336 e. The largest absolute Gasteiger partial charge is 0.478 e. The Hall–Kier alpha value is -2.01. The normalized spacial score (nSPS) is 10.8. The maximum atomic E-state index is 13.1. The Balaban J connectivity index is 2.84. The number of nitrogens with zero attached hydrogens (tertiary/aromatic N) is 1. The molecule has 2 rings (SSSR count). The number of carboxylic acids is 1. The summed E-state index contributed by atoms with van der Waals surface area (Å²) in [7, 11) is 1.49. The number of fused-ring (bicyclic) bond motifs is 1. The van der Waals surface area contributed by atoms with Gasteiger partial charge in [0.05, 0.1) is 17.7 Å². The molecule has 0 radical (unpaired) electrons. The quantitative estimate of drug-likeness (QED) is 0.908. The molecule has 1 aromatic heterocycles. The molecule has 0 aliphatic carbocycles. The molecule has 4 nitrogen and oxygen atoms in total. The highest BCUT2D eigenvalue weighted by Gasteiger charge is 2.18. The summed E-state index contributed by atoms with van der Waals surface area (Å²) in [6, 6.07) is 3.88. The second-order valence-electron chi connectivity index (χ2n) is 3.95. The number of halogens is 1. The Morgan fingerprint density at radius 1 is 1.50 bits per heavy atom. The molecule has 1 N–H and O–H groups in total. The number of aromatic carboxylic acids is 1. The van der Waals surface area contributed by atoms with Crippen LogP contribution in [0, 0.1) is 12.7 Å². The Kier molecular flexibility index (Phi) is 3.25. The van der Waals surface area contributed by atoms with Crippen LogP contribution < -0.4 is 0 Å². The van der Waals surface area contributed by atoms with E-state index in [2.05, 4.69) is 4.98 Å². The third kappa shape index (κ3) is 2.04. The van der Waals surface area contributed by atoms with Gasteiger partial charge in [0.1, 0.15) is 5.82 Å². The Morgan fingerprint density at radius 3 is 2.83 bits per heavy atom. The van der Waals surface area contributed by atoms with Crippen LogP contribution in [0.1, 0.15) is 21.6 Å². The van der Waals surface area contributed by atoms with Crippen molar-refractivity contribution in [2.24, 2.45) is 0 Å². The highest BCUT2D eigenvalue weighted by Crippen LogP contribution is 2.24. The van der Waals surface area contributed by atoms with Crippen LogP contribution >= 0.6 is 0 Å². The Bertz CT molecular complexity index is 625. The fourth-order valence-corrected chi connectivity index (χ4v) is 1.97. The van der Waals surface area contributed by atoms with Gasteiger partial charge in [-0.25, -0.2) is 9.18 Å². The topological polar surface area (TPSA) is 59.4 Å². The number of rotatable bonds is 3. The predicted octanol–water partition coefficient (Wildman–Crippen LogP) is 2.53. The molecular formula is C13H12FNO3. The number of carbonyl (C=O) groups is 1. The van der Waals surface area contributed by atoms with E-state index in [0.29, 0.717) is 22.2 Å². The zero-order chi connectivity index (χ0) is 13.3. The zero-order valence-electron chi connectivity index (χ0n) is 10.0. The van der Waals surface area contributed by atoms with Crippen molar-refractivity contribution in [1.29, 1.82) is 0 Å². The molecule has 18 heavy (non-hydrogen) atoms. The number of methoxy groups -OCH3 is 1. The number of hydrogen-bond donors (Lipinski definition) is 1. The fraction of sp³-hybridized carbons (Fsp3) is 0.231. The van der Waals surface area contributed by atoms with Crippen molar-refractivity contribution in [2.75, 3.05) is 7.11 Å². The summed E-state index contributed by atoms with van der Waals surface area (Å²) in [5.74, 6) is -1.51. The average Bonchev–Trinajstić information content (AvgIpc) is 2.29. The van der Waals surface area contributed by atoms with Gasteiger partial charge in [0, 0.05) is 29.8 Å². The first-order valence-electron chi connectivity index (χ1n) is 5.35. The summed E-state index contributed by atoms with van der Waals surface area (Å²) in [6.45, 7) is 1.85. The van der Waals surface area contributed by atoms with E-state index in [4.69, 9.17) is 4.74 Å². The molecule has 0 aliphatic heterocycles. The lowest BCUT2D eigenvalue weighted by Gasteiger charge is -2.11. The highest BCUT2D eigenvalue weighted by atomic mass is 19.1. The van der Waals surface area contributed by atoms with E-state index in [9.17, 15) is 14.3 Å². The smallest absolute Gasteiger partial charge is 0.336 e. The van der Waals surface area contributed by atoms with Crippen LogP contribution in [0.25, 0.3) is 10.9 Å². The number of benzene rings is 1. The summed E-state index contributed by atoms with van der Waals surface area (Å²) in [4.78, 5) is 15.6. The first kappa shape index (κ1) is 12.4. The number of carboxylic acid groups (broad SMARTS) is 1. The molecule has 0 spiro atoms. The maximum absolute atomic E-state index is 13.1. The van der Waals surface area contributed by atoms with E-state index in [1.165, 1.54) is 25.3 Å². The molecule has 0 amide bonds. The molecule has 1 heterocycles. The van der Waals surface area contributed by atoms with E-state index in [-0.39, 0.29) is 12.2 Å². The second-order valence-corrected chi connectivity index (χ2v) is 3.95. The predicted molar refractivity (Wildman–Crippen MR) is 64.1 cm³/mol. The lowest BCUT2D eigenvalue weighted by molar-refractivity contribution is 0.0693. The van der Waals surface area contributed by atoms with Crippen molar-refractivity contribution in [2.45, 2.75) is 13.5 Å². The van der Waals surface area contributed by atoms with Gasteiger partial charge in [0.15, 0.2) is 0 Å². The van der Waals surface area contributed by atoms with Crippen LogP contribution in [0.5, 0.6) is 0 Å². The van der Waals surface area contributed by atoms with Gasteiger partial charge in [0.25, 0.3) is 0 Å². The van der Waals surface area contributed by atoms with Crippen molar-refractivity contribution in [3.8, 4) is 0 Å². The number of aryl methyl sites for hydroxylation is 1. The van der Waals surface area contributed by atoms with Gasteiger partial charge in [-0.2, -0.15) is 0 Å². The Morgan fingerprint density at radius 2 is 2.22 bits per heavy atom. The molecule has 1 aromatic carbocycles. The van der Waals surface area contributed by atoms with E-state index >= 15 is 0 Å². The van der Waals surface area contributed by atoms with Gasteiger partial charge in [-0.05, 0) is 19.1 Å². The number of ether oxygens (including phenoxy) is 1. The van der Waals surface area contributed by atoms with Crippen LogP contribution in [0.15, 0.2) is 18.2 Å². The van der Waals surface area contributed by atoms with Gasteiger partial charge in [0.2, 0.25) is 0 Å². The van der Waals surface area contributed by atoms with Crippen LogP contribution in [0.4, 0.5) is 4.39 Å². The lowest BCUT2D eigenvalue weighted by Crippen LogP contribution is -2.08. The Labute approximate surface area is 103 Å². The summed E-state index contributed by atoms with van der Waals surface area (Å²) < 4.78 is 18.1. The van der Waals surface area contributed by atoms with Crippen molar-refractivity contribution < 1.29 is 19.0 Å². The van der Waals surface area contributed by atoms with Crippen molar-refractivity contribution >= 4 is 16.9 Å². The fourth-order valence-electron chi connectivity index (χ4n) is 1.97. The van der Waals surface area contributed by atoms with E-state index in [1.54, 1.807) is 6.92 Å². The summed E-state index contributed by atoms with van der Waals surface area (Å²) in [5, 5.41) is 9.73. The average molecular weight is 249 g/mol. The van der Waals surface area contributed by atoms with Crippen molar-refractivity contribution in [3.05, 3.63) is 40.8 Å². The monoisotopic (exact) mass is 249 g/mol. The number of aromatic nitrogens is 1. The standard InChI is InChI=1S/C13H12FNO3/c1-7-10(6-18-2)12(13(16)17)9-4-3-8(14)5-11(9)15-7/h3-5H,6H2,1-2H3,(H,16,17). The molecule has 5 heteroatoms. The second kappa shape index (κ2) is 4.70. The SMILES string of the molecule is COCc1c(C)nc2cc(F)ccc2c1C(=O)O. The highest BCUT2D eigenvalue weighted by molar-refractivity contribution is 6.04. The molecule has 94 valence electrons. The minimum atomic E-state index is -1.07. The summed E-state index contributed by atoms with van der Waals surface area (Å²) >= 11 is 0. The molecule has 0 aliphatic rings. The van der Waals surface area contributed by atoms with Crippen LogP contribution in [0.2, 0.25) is 0 Å². The summed E-state index contributed by atoms with van der Waals surface area (Å²) in [6.07, 6.45) is 0. The molecule has 0 fully saturated rings. The minimum absolute atomic E-state index is 0.124. The zero-order valence-corrected chi connectivity index (χ0v) is 10.0. The van der Waals surface area contributed by atoms with Crippen LogP contribution in [-0.2, 0) is 11.3 Å². The van der Waals surface area contributed by atoms with Crippen LogP contribution in [0.3, 0.4) is 0 Å². The number of pyridine rings is 1. The molecule has 0 saturated heterocycles. The van der Waals surface area contributed by atoms with Crippen molar-refractivity contribution in [1.82, 2.24) is 4.98 Å². The van der Waals surface area contributed by atoms with Gasteiger partial charge in [-0.15, -0.1) is 0 Å². The molecule has 0 saturated carbocycles. The lowest BCUT2D eigenvalue weighted by atomic mass is 10.0. The molecule has 0 atom stereocenters. The van der Waals surface area contributed by atoms with E-state index in [1.807, 2.05) is 0 Å². The van der Waals surface area contributed by atoms with Gasteiger partial charge in [-0.3, -0.25) is 4.98 Å². The van der Waals surface area contributed by atoms with Gasteiger partial charge < -0.3 is 9.84 Å². The first-order chi connectivity index (χ1) is 8.54. The molecular weight excluding hydrogens is 237 g/mol. The first-order valence-corrected chi connectivity index (χ1v) is 5.35. The minimum Gasteiger partial charge on any atom is -0.478 e. The van der Waals surface area contributed by atoms with Gasteiger partial charge in [-0.1, -0.05) is 0 Å². The van der Waals surface area contributed by atoms with Crippen LogP contribution in [-0.4, -0.2) is 23.2 Å². The third-order valence-electron chi connectivity index (χ3n) is 2.76. The number of hydrogen-bond acceptors (Lipinski definition) is 3. The van der Waals surface area contributed by atoms with E-state index < -0.39 is 11.8 Å². The third-order valence-corrected chi connectivity index (χ3v) is 2.76.